The molecule has 2 atom stereocenters. The lowest BCUT2D eigenvalue weighted by Crippen LogP contribution is -2.54. The van der Waals surface area contributed by atoms with E-state index in [2.05, 4.69) is 40.0 Å². The van der Waals surface area contributed by atoms with Crippen LogP contribution in [0.3, 0.4) is 0 Å². The molecule has 18 nitrogen and oxygen atoms in total. The predicted molar refractivity (Wildman–Crippen MR) is 253 cm³/mol. The Labute approximate surface area is 401 Å². The minimum atomic E-state index is -1.02. The van der Waals surface area contributed by atoms with E-state index in [1.807, 2.05) is 35.8 Å². The van der Waals surface area contributed by atoms with E-state index >= 15 is 0 Å². The Bertz CT molecular complexity index is 2700. The number of hydrogen-bond acceptors (Lipinski definition) is 15. The second kappa shape index (κ2) is 22.2. The van der Waals surface area contributed by atoms with Crippen molar-refractivity contribution in [2.75, 3.05) is 76.6 Å². The van der Waals surface area contributed by atoms with Crippen molar-refractivity contribution in [3.63, 3.8) is 0 Å². The average Bonchev–Trinajstić information content (AvgIpc) is 3.90. The summed E-state index contributed by atoms with van der Waals surface area (Å²) >= 11 is 7.90. The zero-order valence-corrected chi connectivity index (χ0v) is 39.4. The Morgan fingerprint density at radius 2 is 1.49 bits per heavy atom. The maximum Gasteiger partial charge on any atom is 0.264 e. The van der Waals surface area contributed by atoms with E-state index in [1.54, 1.807) is 53.8 Å². The molecule has 3 aliphatic rings. The Hall–Kier alpha value is -6.35. The third-order valence-corrected chi connectivity index (χ3v) is 13.0. The highest BCUT2D eigenvalue weighted by atomic mass is 35.5. The van der Waals surface area contributed by atoms with Crippen LogP contribution in [0.1, 0.15) is 79.2 Å². The zero-order valence-electron chi connectivity index (χ0n) is 37.8. The molecule has 0 spiro atoms. The van der Waals surface area contributed by atoms with Gasteiger partial charge in [-0.05, 0) is 81.3 Å². The van der Waals surface area contributed by atoms with Gasteiger partial charge in [0.1, 0.15) is 35.3 Å². The van der Waals surface area contributed by atoms with Crippen LogP contribution in [0.4, 0.5) is 11.4 Å². The van der Waals surface area contributed by atoms with Gasteiger partial charge in [-0.15, -0.1) is 21.5 Å². The van der Waals surface area contributed by atoms with Crippen LogP contribution in [-0.4, -0.2) is 127 Å². The number of hydrogen-bond donors (Lipinski definition) is 3. The highest BCUT2D eigenvalue weighted by Gasteiger charge is 2.45. The first-order chi connectivity index (χ1) is 33.0. The highest BCUT2D eigenvalue weighted by molar-refractivity contribution is 7.15. The lowest BCUT2D eigenvalue weighted by atomic mass is 9.99. The fraction of sp³-hybridized carbons (Fsp3) is 0.375. The summed E-state index contributed by atoms with van der Waals surface area (Å²) in [5.41, 5.74) is 5.30. The van der Waals surface area contributed by atoms with Crippen molar-refractivity contribution >= 4 is 69.6 Å². The number of carbonyl (C=O) groups excluding carboxylic acids is 5. The standard InChI is InChI=1S/C48H51ClN8O10S/c1-28-29(2)68-48-41(28)43(31-7-9-32(49)10-8-31)52-37(44-55-54-30(3)56(44)48)27-40(59)51-33-11-13-34(14-12-33)67-26-25-66-24-23-65-22-21-64-20-19-63-18-17-50-36-6-4-5-35-42(36)47(62)57(46(35)61)38-15-16-39(58)53-45(38)60/h4-14,37-38,50H,15-27H2,1-3H3,(H,51,59)(H,53,58,60)/t37-,38?/m0/s1. The number of rotatable bonds is 22. The molecule has 8 rings (SSSR count). The molecule has 20 heteroatoms. The molecule has 5 aromatic rings. The molecule has 0 bridgehead atoms. The summed E-state index contributed by atoms with van der Waals surface area (Å²) in [6.45, 7) is 9.73. The lowest BCUT2D eigenvalue weighted by molar-refractivity contribution is -0.136. The normalized spacial score (nSPS) is 16.5. The molecule has 3 aliphatic heterocycles. The number of piperidine rings is 1. The third kappa shape index (κ3) is 11.0. The predicted octanol–water partition coefficient (Wildman–Crippen LogP) is 5.79. The number of ether oxygens (including phenoxy) is 5. The van der Waals surface area contributed by atoms with E-state index in [-0.39, 0.29) is 36.3 Å². The first-order valence-corrected chi connectivity index (χ1v) is 23.5. The molecule has 1 fully saturated rings. The van der Waals surface area contributed by atoms with Gasteiger partial charge < -0.3 is 34.3 Å². The summed E-state index contributed by atoms with van der Waals surface area (Å²) in [4.78, 5) is 71.0. The smallest absolute Gasteiger partial charge is 0.264 e. The van der Waals surface area contributed by atoms with E-state index in [4.69, 9.17) is 40.3 Å². The van der Waals surface area contributed by atoms with Crippen LogP contribution in [0.2, 0.25) is 5.02 Å². The number of fused-ring (bicyclic) bond motifs is 4. The molecule has 3 aromatic carbocycles. The van der Waals surface area contributed by atoms with E-state index < -0.39 is 35.7 Å². The quantitative estimate of drug-likeness (QED) is 0.0555. The van der Waals surface area contributed by atoms with Crippen molar-refractivity contribution < 1.29 is 47.7 Å². The monoisotopic (exact) mass is 966 g/mol. The molecule has 0 saturated carbocycles. The number of aryl methyl sites for hydroxylation is 2. The Kier molecular flexibility index (Phi) is 15.7. The molecule has 1 unspecified atom stereocenters. The number of anilines is 2. The van der Waals surface area contributed by atoms with Gasteiger partial charge in [0.2, 0.25) is 17.7 Å². The molecule has 2 aromatic heterocycles. The summed E-state index contributed by atoms with van der Waals surface area (Å²) in [5, 5.41) is 18.8. The molecular formula is C48H51ClN8O10S. The van der Waals surface area contributed by atoms with Crippen molar-refractivity contribution in [3.05, 3.63) is 116 Å². The summed E-state index contributed by atoms with van der Waals surface area (Å²) in [7, 11) is 0. The number of aromatic nitrogens is 3. The van der Waals surface area contributed by atoms with Crippen LogP contribution in [0.5, 0.6) is 5.75 Å². The molecule has 5 amide bonds. The maximum atomic E-state index is 13.5. The van der Waals surface area contributed by atoms with Gasteiger partial charge in [0, 0.05) is 45.4 Å². The molecule has 5 heterocycles. The fourth-order valence-electron chi connectivity index (χ4n) is 8.06. The number of imide groups is 2. The number of amides is 5. The van der Waals surface area contributed by atoms with Gasteiger partial charge >= 0.3 is 0 Å². The van der Waals surface area contributed by atoms with Crippen LogP contribution in [0, 0.1) is 20.8 Å². The van der Waals surface area contributed by atoms with E-state index in [9.17, 15) is 24.0 Å². The van der Waals surface area contributed by atoms with Gasteiger partial charge in [-0.3, -0.25) is 43.7 Å². The number of benzene rings is 3. The first kappa shape index (κ1) is 48.1. The summed E-state index contributed by atoms with van der Waals surface area (Å²) in [5.74, 6) is -0.454. The van der Waals surface area contributed by atoms with Gasteiger partial charge in [0.15, 0.2) is 5.82 Å². The Morgan fingerprint density at radius 3 is 2.18 bits per heavy atom. The van der Waals surface area contributed by atoms with Crippen molar-refractivity contribution in [3.8, 4) is 10.8 Å². The summed E-state index contributed by atoms with van der Waals surface area (Å²) in [6.07, 6.45) is 0.202. The lowest BCUT2D eigenvalue weighted by Gasteiger charge is -2.27. The molecular weight excluding hydrogens is 916 g/mol. The number of carbonyl (C=O) groups is 5. The molecule has 68 heavy (non-hydrogen) atoms. The number of nitrogens with zero attached hydrogens (tertiary/aromatic N) is 5. The Balaban J connectivity index is 0.676. The minimum Gasteiger partial charge on any atom is -0.491 e. The highest BCUT2D eigenvalue weighted by Crippen LogP contribution is 2.40. The van der Waals surface area contributed by atoms with Crippen LogP contribution < -0.4 is 20.7 Å². The van der Waals surface area contributed by atoms with Crippen molar-refractivity contribution in [1.82, 2.24) is 25.0 Å². The van der Waals surface area contributed by atoms with Crippen molar-refractivity contribution in [1.29, 1.82) is 0 Å². The van der Waals surface area contributed by atoms with E-state index in [0.29, 0.717) is 94.0 Å². The van der Waals surface area contributed by atoms with Crippen LogP contribution in [0.15, 0.2) is 71.7 Å². The van der Waals surface area contributed by atoms with Gasteiger partial charge in [-0.25, -0.2) is 0 Å². The Morgan fingerprint density at radius 1 is 0.809 bits per heavy atom. The number of thiophene rings is 1. The summed E-state index contributed by atoms with van der Waals surface area (Å²) < 4.78 is 30.3. The SMILES string of the molecule is Cc1sc2c(c1C)C(c1ccc(Cl)cc1)=N[C@@H](CC(=O)Nc1ccc(OCCOCCOCCOCCOCCNc3cccc4c3C(=O)N(C3CCC(=O)NC3=O)C4=O)cc1)c1nnc(C)n1-2. The topological polar surface area (TPSA) is 214 Å². The largest absolute Gasteiger partial charge is 0.491 e. The minimum absolute atomic E-state index is 0.0534. The maximum absolute atomic E-state index is 13.5. The van der Waals surface area contributed by atoms with E-state index in [1.165, 1.54) is 4.88 Å². The number of halogens is 1. The molecule has 356 valence electrons. The van der Waals surface area contributed by atoms with Crippen LogP contribution in [-0.2, 0) is 33.3 Å². The molecule has 1 saturated heterocycles. The molecule has 0 radical (unpaired) electrons. The zero-order chi connectivity index (χ0) is 47.7. The second-order valence-corrected chi connectivity index (χ2v) is 17.7. The molecule has 0 aliphatic carbocycles. The van der Waals surface area contributed by atoms with Crippen molar-refractivity contribution in [2.45, 2.75) is 52.1 Å². The third-order valence-electron chi connectivity index (χ3n) is 11.5. The number of nitrogens with one attached hydrogen (secondary N) is 3. The fourth-order valence-corrected chi connectivity index (χ4v) is 9.39. The summed E-state index contributed by atoms with van der Waals surface area (Å²) in [6, 6.07) is 18.0. The van der Waals surface area contributed by atoms with Gasteiger partial charge in [-0.1, -0.05) is 29.8 Å². The van der Waals surface area contributed by atoms with Crippen LogP contribution in [0.25, 0.3) is 5.00 Å². The molecule has 3 N–H and O–H groups in total. The number of aliphatic imine (C=N–C) groups is 1. The first-order valence-electron chi connectivity index (χ1n) is 22.3. The second-order valence-electron chi connectivity index (χ2n) is 16.1. The van der Waals surface area contributed by atoms with Crippen molar-refractivity contribution in [2.24, 2.45) is 4.99 Å². The van der Waals surface area contributed by atoms with Gasteiger partial charge in [0.05, 0.1) is 76.1 Å². The van der Waals surface area contributed by atoms with Crippen LogP contribution >= 0.6 is 22.9 Å². The van der Waals surface area contributed by atoms with Gasteiger partial charge in [-0.2, -0.15) is 0 Å². The average molecular weight is 968 g/mol. The van der Waals surface area contributed by atoms with E-state index in [0.717, 1.165) is 38.1 Å². The van der Waals surface area contributed by atoms with Gasteiger partial charge in [0.25, 0.3) is 11.8 Å².